The van der Waals surface area contributed by atoms with Crippen molar-refractivity contribution in [2.45, 2.75) is 6.92 Å². The second kappa shape index (κ2) is 7.11. The molecule has 5 nitrogen and oxygen atoms in total. The molecule has 19 heavy (non-hydrogen) atoms. The lowest BCUT2D eigenvalue weighted by atomic mass is 10.2. The second-order valence-corrected chi connectivity index (χ2v) is 4.91. The van der Waals surface area contributed by atoms with E-state index < -0.39 is 11.8 Å². The lowest BCUT2D eigenvalue weighted by Gasteiger charge is -2.11. The molecule has 0 aliphatic heterocycles. The summed E-state index contributed by atoms with van der Waals surface area (Å²) in [7, 11) is 3.78. The SMILES string of the molecule is Cc1ccc(Cl)cc1NC(=O)C(=O)NCCN(C)C. The maximum Gasteiger partial charge on any atom is 0.313 e. The lowest BCUT2D eigenvalue weighted by molar-refractivity contribution is -0.136. The van der Waals surface area contributed by atoms with Crippen LogP contribution in [0.3, 0.4) is 0 Å². The number of aryl methyl sites for hydroxylation is 1. The number of carbonyl (C=O) groups excluding carboxylic acids is 2. The molecule has 0 saturated carbocycles. The molecule has 1 aromatic rings. The summed E-state index contributed by atoms with van der Waals surface area (Å²) in [5, 5.41) is 5.59. The summed E-state index contributed by atoms with van der Waals surface area (Å²) in [4.78, 5) is 25.1. The molecule has 0 bridgehead atoms. The van der Waals surface area contributed by atoms with Crippen molar-refractivity contribution >= 4 is 29.1 Å². The van der Waals surface area contributed by atoms with Gasteiger partial charge in [-0.3, -0.25) is 9.59 Å². The number of nitrogens with zero attached hydrogens (tertiary/aromatic N) is 1. The van der Waals surface area contributed by atoms with Crippen LogP contribution in [-0.4, -0.2) is 43.9 Å². The maximum atomic E-state index is 11.7. The van der Waals surface area contributed by atoms with Crippen LogP contribution < -0.4 is 10.6 Å². The fourth-order valence-electron chi connectivity index (χ4n) is 1.38. The van der Waals surface area contributed by atoms with Crippen LogP contribution in [0.4, 0.5) is 5.69 Å². The number of benzene rings is 1. The first-order valence-electron chi connectivity index (χ1n) is 5.90. The van der Waals surface area contributed by atoms with Gasteiger partial charge in [0.15, 0.2) is 0 Å². The molecule has 6 heteroatoms. The third-order valence-corrected chi connectivity index (χ3v) is 2.73. The van der Waals surface area contributed by atoms with Gasteiger partial charge in [-0.1, -0.05) is 17.7 Å². The number of likely N-dealkylation sites (N-methyl/N-ethyl adjacent to an activating group) is 1. The third kappa shape index (κ3) is 5.28. The molecule has 0 fully saturated rings. The first kappa shape index (κ1) is 15.5. The summed E-state index contributed by atoms with van der Waals surface area (Å²) in [6.07, 6.45) is 0. The minimum absolute atomic E-state index is 0.424. The predicted molar refractivity (Wildman–Crippen MR) is 76.4 cm³/mol. The molecule has 2 amide bonds. The van der Waals surface area contributed by atoms with E-state index in [1.807, 2.05) is 25.9 Å². The number of hydrogen-bond donors (Lipinski definition) is 2. The Morgan fingerprint density at radius 1 is 1.26 bits per heavy atom. The van der Waals surface area contributed by atoms with Crippen molar-refractivity contribution in [3.8, 4) is 0 Å². The number of halogens is 1. The average Bonchev–Trinajstić information content (AvgIpc) is 2.33. The third-order valence-electron chi connectivity index (χ3n) is 2.50. The predicted octanol–water partition coefficient (Wildman–Crippen LogP) is 1.26. The van der Waals surface area contributed by atoms with Gasteiger partial charge in [-0.25, -0.2) is 0 Å². The zero-order valence-electron chi connectivity index (χ0n) is 11.3. The normalized spacial score (nSPS) is 10.4. The van der Waals surface area contributed by atoms with E-state index in [9.17, 15) is 9.59 Å². The van der Waals surface area contributed by atoms with E-state index in [4.69, 9.17) is 11.6 Å². The Labute approximate surface area is 117 Å². The Kier molecular flexibility index (Phi) is 5.79. The van der Waals surface area contributed by atoms with Gasteiger partial charge >= 0.3 is 11.8 Å². The van der Waals surface area contributed by atoms with Crippen molar-refractivity contribution in [2.75, 3.05) is 32.5 Å². The largest absolute Gasteiger partial charge is 0.347 e. The Balaban J connectivity index is 2.54. The smallest absolute Gasteiger partial charge is 0.313 e. The first-order valence-corrected chi connectivity index (χ1v) is 6.28. The van der Waals surface area contributed by atoms with Crippen LogP contribution in [0.5, 0.6) is 0 Å². The van der Waals surface area contributed by atoms with Gasteiger partial charge in [0.1, 0.15) is 0 Å². The van der Waals surface area contributed by atoms with E-state index in [0.717, 1.165) is 5.56 Å². The van der Waals surface area contributed by atoms with Gasteiger partial charge in [0.05, 0.1) is 0 Å². The summed E-state index contributed by atoms with van der Waals surface area (Å²) in [6.45, 7) is 2.93. The molecule has 0 aliphatic rings. The monoisotopic (exact) mass is 283 g/mol. The molecule has 0 aliphatic carbocycles. The zero-order valence-corrected chi connectivity index (χ0v) is 12.0. The van der Waals surface area contributed by atoms with Crippen molar-refractivity contribution in [3.05, 3.63) is 28.8 Å². The van der Waals surface area contributed by atoms with E-state index in [1.165, 1.54) is 0 Å². The molecule has 0 heterocycles. The van der Waals surface area contributed by atoms with E-state index in [2.05, 4.69) is 10.6 Å². The quantitative estimate of drug-likeness (QED) is 0.818. The number of nitrogens with one attached hydrogen (secondary N) is 2. The summed E-state index contributed by atoms with van der Waals surface area (Å²) in [6, 6.07) is 5.12. The van der Waals surface area contributed by atoms with E-state index in [0.29, 0.717) is 23.8 Å². The molecule has 0 unspecified atom stereocenters. The Hall–Kier alpha value is -1.59. The van der Waals surface area contributed by atoms with Crippen LogP contribution in [0, 0.1) is 6.92 Å². The second-order valence-electron chi connectivity index (χ2n) is 4.47. The number of anilines is 1. The van der Waals surface area contributed by atoms with E-state index in [-0.39, 0.29) is 0 Å². The van der Waals surface area contributed by atoms with Gasteiger partial charge in [0.2, 0.25) is 0 Å². The van der Waals surface area contributed by atoms with Crippen LogP contribution in [0.1, 0.15) is 5.56 Å². The fraction of sp³-hybridized carbons (Fsp3) is 0.385. The highest BCUT2D eigenvalue weighted by Crippen LogP contribution is 2.19. The summed E-state index contributed by atoms with van der Waals surface area (Å²) in [5.41, 5.74) is 1.39. The minimum Gasteiger partial charge on any atom is -0.347 e. The van der Waals surface area contributed by atoms with Crippen LogP contribution in [-0.2, 0) is 9.59 Å². The maximum absolute atomic E-state index is 11.7. The zero-order chi connectivity index (χ0) is 14.4. The van der Waals surface area contributed by atoms with Gasteiger partial charge in [-0.15, -0.1) is 0 Å². The Morgan fingerprint density at radius 2 is 1.95 bits per heavy atom. The Bertz CT molecular complexity index is 475. The highest BCUT2D eigenvalue weighted by atomic mass is 35.5. The lowest BCUT2D eigenvalue weighted by Crippen LogP contribution is -2.38. The van der Waals surface area contributed by atoms with Crippen molar-refractivity contribution in [1.29, 1.82) is 0 Å². The number of carbonyl (C=O) groups is 2. The molecule has 0 saturated heterocycles. The molecular weight excluding hydrogens is 266 g/mol. The molecule has 0 atom stereocenters. The van der Waals surface area contributed by atoms with Crippen LogP contribution in [0.2, 0.25) is 5.02 Å². The van der Waals surface area contributed by atoms with Gasteiger partial charge in [-0.2, -0.15) is 0 Å². The van der Waals surface area contributed by atoms with Gasteiger partial charge in [0.25, 0.3) is 0 Å². The fourth-order valence-corrected chi connectivity index (χ4v) is 1.55. The highest BCUT2D eigenvalue weighted by molar-refractivity contribution is 6.40. The van der Waals surface area contributed by atoms with Gasteiger partial charge in [-0.05, 0) is 38.7 Å². The van der Waals surface area contributed by atoms with E-state index >= 15 is 0 Å². The molecular formula is C13H18ClN3O2. The van der Waals surface area contributed by atoms with Crippen molar-refractivity contribution < 1.29 is 9.59 Å². The summed E-state index contributed by atoms with van der Waals surface area (Å²) >= 11 is 5.84. The molecule has 104 valence electrons. The van der Waals surface area contributed by atoms with Crippen molar-refractivity contribution in [2.24, 2.45) is 0 Å². The number of amides is 2. The summed E-state index contributed by atoms with van der Waals surface area (Å²) < 4.78 is 0. The van der Waals surface area contributed by atoms with Crippen molar-refractivity contribution in [1.82, 2.24) is 10.2 Å². The van der Waals surface area contributed by atoms with Crippen LogP contribution >= 0.6 is 11.6 Å². The molecule has 0 radical (unpaired) electrons. The summed E-state index contributed by atoms with van der Waals surface area (Å²) in [5.74, 6) is -1.34. The molecule has 0 aromatic heterocycles. The molecule has 1 rings (SSSR count). The standard InChI is InChI=1S/C13H18ClN3O2/c1-9-4-5-10(14)8-11(9)16-13(19)12(18)15-6-7-17(2)3/h4-5,8H,6-7H2,1-3H3,(H,15,18)(H,16,19). The number of rotatable bonds is 4. The topological polar surface area (TPSA) is 61.4 Å². The molecule has 2 N–H and O–H groups in total. The molecule has 0 spiro atoms. The highest BCUT2D eigenvalue weighted by Gasteiger charge is 2.14. The van der Waals surface area contributed by atoms with Gasteiger partial charge in [0, 0.05) is 23.8 Å². The molecule has 1 aromatic carbocycles. The van der Waals surface area contributed by atoms with Crippen LogP contribution in [0.25, 0.3) is 0 Å². The van der Waals surface area contributed by atoms with Gasteiger partial charge < -0.3 is 15.5 Å². The van der Waals surface area contributed by atoms with Crippen molar-refractivity contribution in [3.63, 3.8) is 0 Å². The van der Waals surface area contributed by atoms with E-state index in [1.54, 1.807) is 18.2 Å². The van der Waals surface area contributed by atoms with Crippen LogP contribution in [0.15, 0.2) is 18.2 Å². The Morgan fingerprint density at radius 3 is 2.58 bits per heavy atom. The minimum atomic E-state index is -0.691. The number of hydrogen-bond acceptors (Lipinski definition) is 3. The first-order chi connectivity index (χ1) is 8.90. The average molecular weight is 284 g/mol.